The normalized spacial score (nSPS) is 13.5. The minimum Gasteiger partial charge on any atom is -0.462 e. The molecule has 368 valence electrons. The van der Waals surface area contributed by atoms with E-state index in [2.05, 4.69) is 74.7 Å². The third-order valence-corrected chi connectivity index (χ3v) is 12.5. The highest BCUT2D eigenvalue weighted by Gasteiger charge is 2.24. The number of ether oxygens (including phenoxy) is 1. The van der Waals surface area contributed by atoms with Gasteiger partial charge in [-0.25, -0.2) is 0 Å². The second-order valence-corrected chi connectivity index (χ2v) is 18.7. The zero-order valence-electron chi connectivity index (χ0n) is 42.0. The minimum absolute atomic E-state index is 0.0542. The predicted octanol–water partition coefficient (Wildman–Crippen LogP) is 16.6. The van der Waals surface area contributed by atoms with E-state index >= 15 is 0 Å². The third kappa shape index (κ3) is 46.2. The lowest BCUT2D eigenvalue weighted by molar-refractivity contribution is -0.151. The van der Waals surface area contributed by atoms with Gasteiger partial charge < -0.3 is 20.3 Å². The number of hydrogen-bond donors (Lipinski definition) is 3. The average molecular weight is 884 g/mol. The van der Waals surface area contributed by atoms with Crippen LogP contribution in [-0.4, -0.2) is 46.9 Å². The van der Waals surface area contributed by atoms with Gasteiger partial charge in [0.15, 0.2) is 0 Å². The molecule has 0 aromatic carbocycles. The molecule has 0 heterocycles. The summed E-state index contributed by atoms with van der Waals surface area (Å²) in [5.41, 5.74) is 0. The van der Waals surface area contributed by atoms with E-state index in [1.54, 1.807) is 0 Å². The number of rotatable bonds is 49. The summed E-state index contributed by atoms with van der Waals surface area (Å²) in [6, 6.07) is -0.713. The molecule has 0 saturated carbocycles. The van der Waals surface area contributed by atoms with E-state index in [9.17, 15) is 19.8 Å². The van der Waals surface area contributed by atoms with Crippen molar-refractivity contribution in [2.75, 3.05) is 6.61 Å². The Bertz CT molecular complexity index is 1080. The van der Waals surface area contributed by atoms with Crippen LogP contribution in [0.2, 0.25) is 0 Å². The number of carbonyl (C=O) groups excluding carboxylic acids is 2. The Labute approximate surface area is 391 Å². The first-order chi connectivity index (χ1) is 31.0. The molecular weight excluding hydrogens is 779 g/mol. The molecule has 0 aliphatic carbocycles. The van der Waals surface area contributed by atoms with E-state index in [4.69, 9.17) is 4.74 Å². The summed E-state index contributed by atoms with van der Waals surface area (Å²) in [5.74, 6) is -0.501. The Morgan fingerprint density at radius 2 is 0.810 bits per heavy atom. The summed E-state index contributed by atoms with van der Waals surface area (Å²) in [6.07, 6.45) is 61.7. The van der Waals surface area contributed by atoms with Crippen LogP contribution in [0.5, 0.6) is 0 Å². The van der Waals surface area contributed by atoms with Crippen LogP contribution in [0, 0.1) is 0 Å². The molecule has 3 atom stereocenters. The molecule has 1 amide bonds. The van der Waals surface area contributed by atoms with Gasteiger partial charge in [-0.2, -0.15) is 0 Å². The number of allylic oxidation sites excluding steroid dienone is 8. The molecule has 0 rings (SSSR count). The van der Waals surface area contributed by atoms with Crippen molar-refractivity contribution in [2.45, 2.75) is 296 Å². The van der Waals surface area contributed by atoms with E-state index in [0.717, 1.165) is 70.6 Å². The number of unbranched alkanes of at least 4 members (excludes halogenated alkanes) is 32. The number of nitrogens with one attached hydrogen (secondary N) is 1. The summed E-state index contributed by atoms with van der Waals surface area (Å²) in [7, 11) is 0. The highest BCUT2D eigenvalue weighted by Crippen LogP contribution is 2.18. The maximum absolute atomic E-state index is 13.2. The molecular formula is C57H105NO5. The summed E-state index contributed by atoms with van der Waals surface area (Å²) < 4.78 is 5.93. The Hall–Kier alpha value is -2.18. The van der Waals surface area contributed by atoms with Crippen LogP contribution < -0.4 is 5.32 Å². The molecule has 0 aliphatic rings. The standard InChI is InChI=1S/C57H105NO5/c1-4-7-10-13-16-19-22-25-27-29-31-33-36-39-42-45-48-53(63-57(62)50-47-44-41-38-35-32-30-28-26-23-20-17-14-11-8-5-2)51-56(61)58-54(52-59)55(60)49-46-43-40-37-34-24-21-18-15-12-9-6-3/h16,19,22,25,27,29,31,33,53-55,59-60H,4-15,17-18,20-21,23-24,26,28,30,32,34-52H2,1-3H3,(H,58,61)/b19-16+,25-22+,29-27+,33-31+. The monoisotopic (exact) mass is 884 g/mol. The fraction of sp³-hybridized carbons (Fsp3) is 0.825. The van der Waals surface area contributed by atoms with Gasteiger partial charge in [-0.05, 0) is 51.4 Å². The summed E-state index contributed by atoms with van der Waals surface area (Å²) in [5, 5.41) is 23.8. The van der Waals surface area contributed by atoms with Crippen LogP contribution >= 0.6 is 0 Å². The SMILES string of the molecule is CCCCC/C=C/C=C/C=C/C=C/CCCCCC(CC(=O)NC(CO)C(O)CCCCCCCCCCCCCC)OC(=O)CCCCCCCCCCCCCCCCCC. The van der Waals surface area contributed by atoms with Crippen molar-refractivity contribution in [1.82, 2.24) is 5.32 Å². The highest BCUT2D eigenvalue weighted by atomic mass is 16.5. The van der Waals surface area contributed by atoms with Crippen LogP contribution in [0.3, 0.4) is 0 Å². The van der Waals surface area contributed by atoms with Crippen LogP contribution in [0.25, 0.3) is 0 Å². The molecule has 0 saturated heterocycles. The summed E-state index contributed by atoms with van der Waals surface area (Å²) in [4.78, 5) is 26.2. The van der Waals surface area contributed by atoms with Gasteiger partial charge in [-0.3, -0.25) is 9.59 Å². The number of hydrogen-bond acceptors (Lipinski definition) is 5. The lowest BCUT2D eigenvalue weighted by atomic mass is 10.0. The quantitative estimate of drug-likeness (QED) is 0.0321. The smallest absolute Gasteiger partial charge is 0.306 e. The zero-order valence-corrected chi connectivity index (χ0v) is 42.0. The van der Waals surface area contributed by atoms with Crippen LogP contribution in [0.4, 0.5) is 0 Å². The van der Waals surface area contributed by atoms with Crippen molar-refractivity contribution in [1.29, 1.82) is 0 Å². The third-order valence-electron chi connectivity index (χ3n) is 12.5. The topological polar surface area (TPSA) is 95.9 Å². The van der Waals surface area contributed by atoms with Gasteiger partial charge in [0.25, 0.3) is 0 Å². The number of aliphatic hydroxyl groups excluding tert-OH is 2. The van der Waals surface area contributed by atoms with E-state index in [-0.39, 0.29) is 24.9 Å². The Balaban J connectivity index is 4.64. The van der Waals surface area contributed by atoms with Crippen molar-refractivity contribution in [3.8, 4) is 0 Å². The van der Waals surface area contributed by atoms with Gasteiger partial charge >= 0.3 is 5.97 Å². The number of carbonyl (C=O) groups is 2. The van der Waals surface area contributed by atoms with Crippen LogP contribution in [-0.2, 0) is 14.3 Å². The lowest BCUT2D eigenvalue weighted by Gasteiger charge is -2.24. The Kier molecular flexibility index (Phi) is 49.1. The summed E-state index contributed by atoms with van der Waals surface area (Å²) in [6.45, 7) is 6.45. The maximum atomic E-state index is 13.2. The van der Waals surface area contributed by atoms with Crippen LogP contribution in [0.1, 0.15) is 278 Å². The van der Waals surface area contributed by atoms with Gasteiger partial charge in [-0.1, -0.05) is 262 Å². The molecule has 0 spiro atoms. The Morgan fingerprint density at radius 1 is 0.460 bits per heavy atom. The number of aliphatic hydroxyl groups is 2. The number of amides is 1. The van der Waals surface area contributed by atoms with Crippen molar-refractivity contribution in [3.05, 3.63) is 48.6 Å². The fourth-order valence-electron chi connectivity index (χ4n) is 8.33. The molecule has 0 aromatic heterocycles. The van der Waals surface area contributed by atoms with E-state index in [1.807, 2.05) is 0 Å². The van der Waals surface area contributed by atoms with E-state index in [0.29, 0.717) is 19.3 Å². The van der Waals surface area contributed by atoms with Gasteiger partial charge in [0.1, 0.15) is 6.10 Å². The largest absolute Gasteiger partial charge is 0.462 e. The van der Waals surface area contributed by atoms with Crippen molar-refractivity contribution < 1.29 is 24.5 Å². The maximum Gasteiger partial charge on any atom is 0.306 e. The molecule has 3 N–H and O–H groups in total. The molecule has 0 aromatic rings. The van der Waals surface area contributed by atoms with Gasteiger partial charge in [-0.15, -0.1) is 0 Å². The first-order valence-electron chi connectivity index (χ1n) is 27.4. The molecule has 0 fully saturated rings. The minimum atomic E-state index is -0.797. The molecule has 0 radical (unpaired) electrons. The second kappa shape index (κ2) is 50.8. The molecule has 0 bridgehead atoms. The first-order valence-corrected chi connectivity index (χ1v) is 27.4. The average Bonchev–Trinajstić information content (AvgIpc) is 3.28. The molecule has 6 heteroatoms. The van der Waals surface area contributed by atoms with Crippen molar-refractivity contribution >= 4 is 11.9 Å². The van der Waals surface area contributed by atoms with Gasteiger partial charge in [0, 0.05) is 6.42 Å². The second-order valence-electron chi connectivity index (χ2n) is 18.7. The summed E-state index contributed by atoms with van der Waals surface area (Å²) >= 11 is 0. The van der Waals surface area contributed by atoms with Crippen molar-refractivity contribution in [3.63, 3.8) is 0 Å². The van der Waals surface area contributed by atoms with Crippen LogP contribution in [0.15, 0.2) is 48.6 Å². The first kappa shape index (κ1) is 60.8. The highest BCUT2D eigenvalue weighted by molar-refractivity contribution is 5.77. The molecule has 3 unspecified atom stereocenters. The lowest BCUT2D eigenvalue weighted by Crippen LogP contribution is -2.46. The van der Waals surface area contributed by atoms with Gasteiger partial charge in [0.2, 0.25) is 5.91 Å². The molecule has 6 nitrogen and oxygen atoms in total. The van der Waals surface area contributed by atoms with E-state index in [1.165, 1.54) is 161 Å². The predicted molar refractivity (Wildman–Crippen MR) is 273 cm³/mol. The van der Waals surface area contributed by atoms with Gasteiger partial charge in [0.05, 0.1) is 25.2 Å². The number of esters is 1. The van der Waals surface area contributed by atoms with E-state index < -0.39 is 18.2 Å². The fourth-order valence-corrected chi connectivity index (χ4v) is 8.33. The zero-order chi connectivity index (χ0) is 45.9. The van der Waals surface area contributed by atoms with Crippen molar-refractivity contribution in [2.24, 2.45) is 0 Å². The molecule has 0 aliphatic heterocycles. The molecule has 63 heavy (non-hydrogen) atoms. The Morgan fingerprint density at radius 3 is 1.25 bits per heavy atom.